The van der Waals surface area contributed by atoms with E-state index in [1.807, 2.05) is 66.1 Å². The average Bonchev–Trinajstić information content (AvgIpc) is 2.64. The third-order valence-electron chi connectivity index (χ3n) is 3.14. The molecule has 0 aliphatic carbocycles. The number of fused-ring (bicyclic) bond motifs is 2. The van der Waals surface area contributed by atoms with Crippen LogP contribution in [0.5, 0.6) is 0 Å². The topological polar surface area (TPSA) is 61.8 Å². The summed E-state index contributed by atoms with van der Waals surface area (Å²) in [6, 6.07) is 14.4. The molecule has 2 aromatic rings. The minimum absolute atomic E-state index is 0.580. The molecule has 1 aliphatic heterocycles. The first kappa shape index (κ1) is 12.1. The Morgan fingerprint density at radius 3 is 1.90 bits per heavy atom. The van der Waals surface area contributed by atoms with Crippen LogP contribution in [-0.4, -0.2) is 6.03 Å². The first-order chi connectivity index (χ1) is 9.81. The molecule has 5 nitrogen and oxygen atoms in total. The Labute approximate surface area is 115 Å². The van der Waals surface area contributed by atoms with Gasteiger partial charge in [0.15, 0.2) is 0 Å². The number of amides is 2. The first-order valence-corrected chi connectivity index (χ1v) is 6.10. The molecule has 1 aliphatic rings. The van der Waals surface area contributed by atoms with Gasteiger partial charge in [-0.15, -0.1) is 4.91 Å². The molecule has 2 amide bonds. The second-order valence-electron chi connectivity index (χ2n) is 4.29. The van der Waals surface area contributed by atoms with Gasteiger partial charge in [-0.05, 0) is 23.3 Å². The van der Waals surface area contributed by atoms with Crippen molar-refractivity contribution in [2.24, 2.45) is 5.29 Å². The summed E-state index contributed by atoms with van der Waals surface area (Å²) in [6.45, 7) is 0. The third-order valence-corrected chi connectivity index (χ3v) is 3.14. The van der Waals surface area contributed by atoms with Crippen LogP contribution >= 0.6 is 0 Å². The van der Waals surface area contributed by atoms with Crippen LogP contribution < -0.4 is 10.3 Å². The molecule has 3 rings (SSSR count). The SMILES string of the molecule is O=NNC(=O)N1c2ccccc2C=Cc2ccccc21. The Morgan fingerprint density at radius 2 is 1.40 bits per heavy atom. The maximum atomic E-state index is 12.2. The van der Waals surface area contributed by atoms with Crippen LogP contribution in [0.4, 0.5) is 16.2 Å². The van der Waals surface area contributed by atoms with E-state index in [4.69, 9.17) is 0 Å². The summed E-state index contributed by atoms with van der Waals surface area (Å²) < 4.78 is 0. The highest BCUT2D eigenvalue weighted by molar-refractivity contribution is 6.05. The fraction of sp³-hybridized carbons (Fsp3) is 0. The van der Waals surface area contributed by atoms with Crippen LogP contribution in [0, 0.1) is 4.91 Å². The van der Waals surface area contributed by atoms with E-state index in [1.165, 1.54) is 4.90 Å². The summed E-state index contributed by atoms with van der Waals surface area (Å²) in [5, 5.41) is 2.48. The van der Waals surface area contributed by atoms with Crippen molar-refractivity contribution in [3.63, 3.8) is 0 Å². The van der Waals surface area contributed by atoms with Crippen molar-refractivity contribution in [1.29, 1.82) is 0 Å². The van der Waals surface area contributed by atoms with Gasteiger partial charge in [-0.3, -0.25) is 4.90 Å². The summed E-state index contributed by atoms with van der Waals surface area (Å²) in [5.41, 5.74) is 5.15. The molecule has 1 N–H and O–H groups in total. The molecule has 0 fully saturated rings. The van der Waals surface area contributed by atoms with Gasteiger partial charge in [-0.2, -0.15) is 5.43 Å². The van der Waals surface area contributed by atoms with Crippen molar-refractivity contribution < 1.29 is 4.79 Å². The van der Waals surface area contributed by atoms with E-state index >= 15 is 0 Å². The van der Waals surface area contributed by atoms with Crippen molar-refractivity contribution in [3.05, 3.63) is 64.6 Å². The number of urea groups is 1. The van der Waals surface area contributed by atoms with Crippen molar-refractivity contribution in [2.45, 2.75) is 0 Å². The Hall–Kier alpha value is -2.95. The van der Waals surface area contributed by atoms with E-state index in [0.717, 1.165) is 11.1 Å². The summed E-state index contributed by atoms with van der Waals surface area (Å²) in [7, 11) is 0. The quantitative estimate of drug-likeness (QED) is 0.631. The highest BCUT2D eigenvalue weighted by Crippen LogP contribution is 2.35. The lowest BCUT2D eigenvalue weighted by molar-refractivity contribution is 0.249. The number of carbonyl (C=O) groups excluding carboxylic acids is 1. The van der Waals surface area contributed by atoms with E-state index in [2.05, 4.69) is 5.29 Å². The molecule has 0 radical (unpaired) electrons. The van der Waals surface area contributed by atoms with E-state index in [9.17, 15) is 9.70 Å². The van der Waals surface area contributed by atoms with Crippen LogP contribution in [-0.2, 0) is 0 Å². The van der Waals surface area contributed by atoms with Crippen molar-refractivity contribution in [3.8, 4) is 0 Å². The fourth-order valence-corrected chi connectivity index (χ4v) is 2.28. The smallest absolute Gasteiger partial charge is 0.260 e. The van der Waals surface area contributed by atoms with Crippen molar-refractivity contribution in [1.82, 2.24) is 5.43 Å². The Morgan fingerprint density at radius 1 is 0.900 bits per heavy atom. The number of benzene rings is 2. The minimum atomic E-state index is -0.580. The van der Waals surface area contributed by atoms with Crippen LogP contribution in [0.3, 0.4) is 0 Å². The second kappa shape index (κ2) is 4.97. The number of hydrogen-bond donors (Lipinski definition) is 1. The summed E-state index contributed by atoms with van der Waals surface area (Å²) >= 11 is 0. The lowest BCUT2D eigenvalue weighted by Gasteiger charge is -2.23. The van der Waals surface area contributed by atoms with Gasteiger partial charge < -0.3 is 0 Å². The molecule has 0 aromatic heterocycles. The molecule has 98 valence electrons. The Kier molecular flexibility index (Phi) is 3.01. The molecule has 0 saturated heterocycles. The number of nitrogens with one attached hydrogen (secondary N) is 1. The molecule has 1 heterocycles. The lowest BCUT2D eigenvalue weighted by Crippen LogP contribution is -2.34. The van der Waals surface area contributed by atoms with Gasteiger partial charge in [0.1, 0.15) is 0 Å². The Bertz CT molecular complexity index is 660. The Balaban J connectivity index is 2.23. The number of rotatable bonds is 1. The zero-order valence-electron chi connectivity index (χ0n) is 10.5. The highest BCUT2D eigenvalue weighted by atomic mass is 16.3. The molecule has 0 saturated carbocycles. The lowest BCUT2D eigenvalue weighted by atomic mass is 10.1. The molecule has 0 unspecified atom stereocenters. The number of hydrogen-bond acceptors (Lipinski definition) is 3. The number of para-hydroxylation sites is 2. The minimum Gasteiger partial charge on any atom is -0.260 e. The van der Waals surface area contributed by atoms with Gasteiger partial charge in [0, 0.05) is 0 Å². The van der Waals surface area contributed by atoms with E-state index in [-0.39, 0.29) is 0 Å². The van der Waals surface area contributed by atoms with Gasteiger partial charge >= 0.3 is 6.03 Å². The predicted octanol–water partition coefficient (Wildman–Crippen LogP) is 3.70. The number of nitroso groups, excluding NO2 is 1. The molecule has 20 heavy (non-hydrogen) atoms. The van der Waals surface area contributed by atoms with Crippen LogP contribution in [0.15, 0.2) is 53.8 Å². The van der Waals surface area contributed by atoms with Crippen molar-refractivity contribution in [2.75, 3.05) is 4.90 Å². The van der Waals surface area contributed by atoms with E-state index in [1.54, 1.807) is 0 Å². The van der Waals surface area contributed by atoms with Gasteiger partial charge in [0.25, 0.3) is 0 Å². The summed E-state index contributed by atoms with van der Waals surface area (Å²) in [6.07, 6.45) is 3.88. The zero-order valence-corrected chi connectivity index (χ0v) is 10.5. The normalized spacial score (nSPS) is 12.1. The van der Waals surface area contributed by atoms with Gasteiger partial charge in [0.05, 0.1) is 16.7 Å². The molecular weight excluding hydrogens is 254 g/mol. The maximum absolute atomic E-state index is 12.2. The third kappa shape index (κ3) is 1.95. The average molecular weight is 265 g/mol. The maximum Gasteiger partial charge on any atom is 0.349 e. The van der Waals surface area contributed by atoms with Crippen LogP contribution in [0.25, 0.3) is 12.2 Å². The van der Waals surface area contributed by atoms with Gasteiger partial charge in [0.2, 0.25) is 0 Å². The summed E-state index contributed by atoms with van der Waals surface area (Å²) in [5.74, 6) is 0. The predicted molar refractivity (Wildman–Crippen MR) is 78.3 cm³/mol. The molecule has 5 heteroatoms. The molecular formula is C15H11N3O2. The van der Waals surface area contributed by atoms with E-state index in [0.29, 0.717) is 11.4 Å². The van der Waals surface area contributed by atoms with Crippen molar-refractivity contribution >= 4 is 29.6 Å². The highest BCUT2D eigenvalue weighted by Gasteiger charge is 2.23. The number of carbonyl (C=O) groups is 1. The first-order valence-electron chi connectivity index (χ1n) is 6.10. The monoisotopic (exact) mass is 265 g/mol. The fourth-order valence-electron chi connectivity index (χ4n) is 2.28. The standard InChI is InChI=1S/C15H11N3O2/c19-15(16-17-20)18-13-7-3-1-5-11(13)9-10-12-6-2-4-8-14(12)18/h1-10H,(H,16,19,20). The summed E-state index contributed by atoms with van der Waals surface area (Å²) in [4.78, 5) is 24.0. The largest absolute Gasteiger partial charge is 0.349 e. The molecule has 0 atom stereocenters. The molecule has 0 bridgehead atoms. The van der Waals surface area contributed by atoms with Crippen LogP contribution in [0.1, 0.15) is 11.1 Å². The zero-order chi connectivity index (χ0) is 13.9. The van der Waals surface area contributed by atoms with Gasteiger partial charge in [-0.25, -0.2) is 4.79 Å². The van der Waals surface area contributed by atoms with Gasteiger partial charge in [-0.1, -0.05) is 48.6 Å². The van der Waals surface area contributed by atoms with E-state index < -0.39 is 6.03 Å². The molecule has 0 spiro atoms. The number of anilines is 2. The number of nitrogens with zero attached hydrogens (tertiary/aromatic N) is 2. The second-order valence-corrected chi connectivity index (χ2v) is 4.29. The molecule has 2 aromatic carbocycles. The van der Waals surface area contributed by atoms with Crippen LogP contribution in [0.2, 0.25) is 0 Å².